The Kier molecular flexibility index (Phi) is 3.36. The normalized spacial score (nSPS) is 31.8. The van der Waals surface area contributed by atoms with Gasteiger partial charge in [0.2, 0.25) is 0 Å². The Morgan fingerprint density at radius 2 is 1.87 bits per heavy atom. The topological polar surface area (TPSA) is 15.3 Å². The van der Waals surface area contributed by atoms with E-state index >= 15 is 0 Å². The van der Waals surface area contributed by atoms with Crippen LogP contribution >= 0.6 is 0 Å². The maximum Gasteiger partial charge on any atom is 0.0304 e. The Balaban J connectivity index is 2.04. The van der Waals surface area contributed by atoms with Gasteiger partial charge in [-0.3, -0.25) is 4.90 Å². The molecule has 1 aliphatic carbocycles. The number of rotatable bonds is 4. The smallest absolute Gasteiger partial charge is 0.0304 e. The van der Waals surface area contributed by atoms with Crippen LogP contribution in [0.4, 0.5) is 0 Å². The standard InChI is InChI=1S/C13H26N2/c1-4-11-9-14-13(5-2,6-3)10-15(11)12-7-8-12/h11-12,14H,4-10H2,1-3H3. The van der Waals surface area contributed by atoms with Crippen LogP contribution in [0.5, 0.6) is 0 Å². The molecule has 88 valence electrons. The lowest BCUT2D eigenvalue weighted by atomic mass is 9.88. The summed E-state index contributed by atoms with van der Waals surface area (Å²) in [4.78, 5) is 2.80. The molecule has 1 saturated carbocycles. The summed E-state index contributed by atoms with van der Waals surface area (Å²) in [7, 11) is 0. The zero-order valence-corrected chi connectivity index (χ0v) is 10.6. The highest BCUT2D eigenvalue weighted by atomic mass is 15.3. The van der Waals surface area contributed by atoms with Crippen LogP contribution in [0.25, 0.3) is 0 Å². The van der Waals surface area contributed by atoms with Crippen LogP contribution in [-0.4, -0.2) is 35.6 Å². The van der Waals surface area contributed by atoms with Crippen LogP contribution < -0.4 is 5.32 Å². The highest BCUT2D eigenvalue weighted by Gasteiger charge is 2.42. The molecule has 0 aromatic rings. The fourth-order valence-electron chi connectivity index (χ4n) is 2.92. The lowest BCUT2D eigenvalue weighted by molar-refractivity contribution is 0.0639. The molecule has 1 unspecified atom stereocenters. The van der Waals surface area contributed by atoms with Crippen molar-refractivity contribution >= 4 is 0 Å². The first-order valence-electron chi connectivity index (χ1n) is 6.75. The molecule has 0 bridgehead atoms. The van der Waals surface area contributed by atoms with Gasteiger partial charge in [0.15, 0.2) is 0 Å². The van der Waals surface area contributed by atoms with Gasteiger partial charge in [-0.15, -0.1) is 0 Å². The lowest BCUT2D eigenvalue weighted by Crippen LogP contribution is -2.64. The minimum atomic E-state index is 0.411. The monoisotopic (exact) mass is 210 g/mol. The number of piperazine rings is 1. The third-order valence-electron chi connectivity index (χ3n) is 4.51. The van der Waals surface area contributed by atoms with Gasteiger partial charge in [0.1, 0.15) is 0 Å². The van der Waals surface area contributed by atoms with Crippen molar-refractivity contribution in [2.45, 2.75) is 70.5 Å². The van der Waals surface area contributed by atoms with Crippen molar-refractivity contribution in [2.75, 3.05) is 13.1 Å². The number of nitrogens with zero attached hydrogens (tertiary/aromatic N) is 1. The van der Waals surface area contributed by atoms with Crippen LogP contribution in [0.1, 0.15) is 52.9 Å². The molecule has 0 aromatic heterocycles. The first-order valence-corrected chi connectivity index (χ1v) is 6.75. The van der Waals surface area contributed by atoms with Crippen LogP contribution in [0.2, 0.25) is 0 Å². The van der Waals surface area contributed by atoms with Gasteiger partial charge in [-0.2, -0.15) is 0 Å². The first kappa shape index (κ1) is 11.4. The van der Waals surface area contributed by atoms with E-state index in [1.54, 1.807) is 0 Å². The third-order valence-corrected chi connectivity index (χ3v) is 4.51. The van der Waals surface area contributed by atoms with E-state index in [-0.39, 0.29) is 0 Å². The summed E-state index contributed by atoms with van der Waals surface area (Å²) < 4.78 is 0. The van der Waals surface area contributed by atoms with E-state index in [1.165, 1.54) is 45.2 Å². The van der Waals surface area contributed by atoms with E-state index in [0.717, 1.165) is 12.1 Å². The van der Waals surface area contributed by atoms with Crippen molar-refractivity contribution in [1.29, 1.82) is 0 Å². The highest BCUT2D eigenvalue weighted by molar-refractivity contribution is 5.01. The van der Waals surface area contributed by atoms with Gasteiger partial charge in [0.05, 0.1) is 0 Å². The van der Waals surface area contributed by atoms with E-state index < -0.39 is 0 Å². The van der Waals surface area contributed by atoms with Gasteiger partial charge in [-0.1, -0.05) is 20.8 Å². The SMILES string of the molecule is CCC1CNC(CC)(CC)CN1C1CC1. The molecule has 2 fully saturated rings. The number of hydrogen-bond donors (Lipinski definition) is 1. The minimum absolute atomic E-state index is 0.411. The predicted octanol–water partition coefficient (Wildman–Crippen LogP) is 2.39. The fourth-order valence-corrected chi connectivity index (χ4v) is 2.92. The van der Waals surface area contributed by atoms with Gasteiger partial charge in [-0.05, 0) is 32.1 Å². The van der Waals surface area contributed by atoms with Crippen LogP contribution in [0, 0.1) is 0 Å². The second-order valence-corrected chi connectivity index (χ2v) is 5.33. The van der Waals surface area contributed by atoms with E-state index in [9.17, 15) is 0 Å². The molecule has 0 spiro atoms. The summed E-state index contributed by atoms with van der Waals surface area (Å²) in [5.41, 5.74) is 0.411. The second kappa shape index (κ2) is 4.42. The van der Waals surface area contributed by atoms with Crippen molar-refractivity contribution in [2.24, 2.45) is 0 Å². The molecule has 1 atom stereocenters. The van der Waals surface area contributed by atoms with Crippen LogP contribution in [-0.2, 0) is 0 Å². The predicted molar refractivity (Wildman–Crippen MR) is 65.1 cm³/mol. The van der Waals surface area contributed by atoms with Crippen molar-refractivity contribution < 1.29 is 0 Å². The Labute approximate surface area is 94.4 Å². The van der Waals surface area contributed by atoms with Crippen molar-refractivity contribution in [3.8, 4) is 0 Å². The van der Waals surface area contributed by atoms with Crippen LogP contribution in [0.3, 0.4) is 0 Å². The summed E-state index contributed by atoms with van der Waals surface area (Å²) >= 11 is 0. The molecule has 2 rings (SSSR count). The van der Waals surface area contributed by atoms with Gasteiger partial charge < -0.3 is 5.32 Å². The van der Waals surface area contributed by atoms with E-state index in [4.69, 9.17) is 0 Å². The Morgan fingerprint density at radius 3 is 2.33 bits per heavy atom. The van der Waals surface area contributed by atoms with E-state index in [0.29, 0.717) is 5.54 Å². The van der Waals surface area contributed by atoms with Gasteiger partial charge in [-0.25, -0.2) is 0 Å². The molecule has 2 aliphatic rings. The first-order chi connectivity index (χ1) is 7.24. The molecule has 0 radical (unpaired) electrons. The van der Waals surface area contributed by atoms with Crippen molar-refractivity contribution in [3.63, 3.8) is 0 Å². The van der Waals surface area contributed by atoms with Gasteiger partial charge >= 0.3 is 0 Å². The molecular formula is C13H26N2. The second-order valence-electron chi connectivity index (χ2n) is 5.33. The van der Waals surface area contributed by atoms with Gasteiger partial charge in [0, 0.05) is 30.7 Å². The summed E-state index contributed by atoms with van der Waals surface area (Å²) in [5.74, 6) is 0. The number of hydrogen-bond acceptors (Lipinski definition) is 2. The van der Waals surface area contributed by atoms with E-state index in [2.05, 4.69) is 31.0 Å². The number of nitrogens with one attached hydrogen (secondary N) is 1. The highest BCUT2D eigenvalue weighted by Crippen LogP contribution is 2.34. The molecule has 0 amide bonds. The molecule has 2 heteroatoms. The Bertz CT molecular complexity index is 207. The average molecular weight is 210 g/mol. The molecule has 1 N–H and O–H groups in total. The summed E-state index contributed by atoms with van der Waals surface area (Å²) in [5, 5.41) is 3.80. The molecule has 0 aromatic carbocycles. The zero-order valence-electron chi connectivity index (χ0n) is 10.6. The lowest BCUT2D eigenvalue weighted by Gasteiger charge is -2.47. The van der Waals surface area contributed by atoms with Crippen LogP contribution in [0.15, 0.2) is 0 Å². The molecule has 1 heterocycles. The minimum Gasteiger partial charge on any atom is -0.308 e. The fraction of sp³-hybridized carbons (Fsp3) is 1.00. The maximum absolute atomic E-state index is 3.80. The summed E-state index contributed by atoms with van der Waals surface area (Å²) in [6, 6.07) is 1.72. The Morgan fingerprint density at radius 1 is 1.20 bits per heavy atom. The molecule has 15 heavy (non-hydrogen) atoms. The average Bonchev–Trinajstić information content (AvgIpc) is 3.12. The third kappa shape index (κ3) is 2.21. The molecule has 2 nitrogen and oxygen atoms in total. The maximum atomic E-state index is 3.80. The van der Waals surface area contributed by atoms with Crippen molar-refractivity contribution in [1.82, 2.24) is 10.2 Å². The molecular weight excluding hydrogens is 184 g/mol. The largest absolute Gasteiger partial charge is 0.308 e. The summed E-state index contributed by atoms with van der Waals surface area (Å²) in [6.45, 7) is 9.46. The zero-order chi connectivity index (χ0) is 10.9. The molecule has 1 aliphatic heterocycles. The quantitative estimate of drug-likeness (QED) is 0.766. The summed E-state index contributed by atoms with van der Waals surface area (Å²) in [6.07, 6.45) is 6.72. The molecule has 1 saturated heterocycles. The van der Waals surface area contributed by atoms with Crippen molar-refractivity contribution in [3.05, 3.63) is 0 Å². The van der Waals surface area contributed by atoms with Gasteiger partial charge in [0.25, 0.3) is 0 Å². The van der Waals surface area contributed by atoms with E-state index in [1.807, 2.05) is 0 Å². The Hall–Kier alpha value is -0.0800.